The van der Waals surface area contributed by atoms with E-state index in [0.717, 1.165) is 27.8 Å². The molecule has 0 radical (unpaired) electrons. The summed E-state index contributed by atoms with van der Waals surface area (Å²) in [5, 5.41) is 10.2. The van der Waals surface area contributed by atoms with Crippen molar-refractivity contribution >= 4 is 33.3 Å². The van der Waals surface area contributed by atoms with Gasteiger partial charge in [-0.3, -0.25) is 0 Å². The van der Waals surface area contributed by atoms with E-state index in [1.54, 1.807) is 11.0 Å². The van der Waals surface area contributed by atoms with Gasteiger partial charge in [0.05, 0.1) is 22.5 Å². The number of nitrogens with zero attached hydrogens (tertiary/aromatic N) is 3. The Balaban J connectivity index is 1.87. The molecule has 1 aromatic heterocycles. The largest absolute Gasteiger partial charge is 0.444 e. The Hall–Kier alpha value is -2.39. The number of rotatable bonds is 1. The Bertz CT molecular complexity index is 855. The third-order valence-corrected chi connectivity index (χ3v) is 4.62. The van der Waals surface area contributed by atoms with Gasteiger partial charge in [0.15, 0.2) is 0 Å². The molecule has 0 saturated carbocycles. The van der Waals surface area contributed by atoms with Crippen molar-refractivity contribution in [2.45, 2.75) is 32.8 Å². The summed E-state index contributed by atoms with van der Waals surface area (Å²) in [6, 6.07) is 7.85. The predicted octanol–water partition coefficient (Wildman–Crippen LogP) is 4.19. The van der Waals surface area contributed by atoms with Crippen LogP contribution in [0.25, 0.3) is 15.7 Å². The van der Waals surface area contributed by atoms with Crippen molar-refractivity contribution in [1.29, 1.82) is 5.26 Å². The first kappa shape index (κ1) is 16.5. The van der Waals surface area contributed by atoms with Crippen molar-refractivity contribution in [2.24, 2.45) is 0 Å². The summed E-state index contributed by atoms with van der Waals surface area (Å²) in [5.74, 6) is 0. The maximum absolute atomic E-state index is 12.3. The lowest BCUT2D eigenvalue weighted by molar-refractivity contribution is 0.0273. The number of carbonyl (C=O) groups is 1. The molecule has 0 bridgehead atoms. The number of amides is 1. The van der Waals surface area contributed by atoms with Gasteiger partial charge in [0, 0.05) is 11.9 Å². The molecule has 0 saturated heterocycles. The Kier molecular flexibility index (Phi) is 4.29. The minimum atomic E-state index is -0.507. The van der Waals surface area contributed by atoms with Crippen LogP contribution in [-0.2, 0) is 4.74 Å². The van der Waals surface area contributed by atoms with Crippen molar-refractivity contribution < 1.29 is 9.53 Å². The number of nitriles is 1. The summed E-state index contributed by atoms with van der Waals surface area (Å²) in [6.07, 6.45) is 2.59. The van der Waals surface area contributed by atoms with E-state index in [0.29, 0.717) is 18.7 Å². The van der Waals surface area contributed by atoms with Gasteiger partial charge in [-0.25, -0.2) is 4.79 Å². The highest BCUT2D eigenvalue weighted by atomic mass is 32.1. The zero-order chi connectivity index (χ0) is 17.3. The van der Waals surface area contributed by atoms with E-state index < -0.39 is 5.60 Å². The van der Waals surface area contributed by atoms with Crippen LogP contribution in [0.5, 0.6) is 0 Å². The van der Waals surface area contributed by atoms with Crippen molar-refractivity contribution in [3.8, 4) is 6.07 Å². The van der Waals surface area contributed by atoms with E-state index >= 15 is 0 Å². The lowest BCUT2D eigenvalue weighted by Crippen LogP contribution is -2.39. The molecular formula is C18H19N3O2S. The summed E-state index contributed by atoms with van der Waals surface area (Å²) >= 11 is 1.33. The van der Waals surface area contributed by atoms with Gasteiger partial charge in [-0.05, 0) is 50.4 Å². The molecule has 0 spiro atoms. The molecule has 124 valence electrons. The Morgan fingerprint density at radius 3 is 2.92 bits per heavy atom. The van der Waals surface area contributed by atoms with Gasteiger partial charge in [-0.15, -0.1) is 0 Å². The lowest BCUT2D eigenvalue weighted by Gasteiger charge is -2.30. The van der Waals surface area contributed by atoms with E-state index in [1.807, 2.05) is 32.9 Å². The van der Waals surface area contributed by atoms with Gasteiger partial charge < -0.3 is 9.64 Å². The maximum Gasteiger partial charge on any atom is 0.410 e. The van der Waals surface area contributed by atoms with Crippen molar-refractivity contribution in [2.75, 3.05) is 13.1 Å². The topological polar surface area (TPSA) is 66.2 Å². The van der Waals surface area contributed by atoms with E-state index in [2.05, 4.69) is 16.5 Å². The molecule has 2 heterocycles. The van der Waals surface area contributed by atoms with Crippen LogP contribution in [0.4, 0.5) is 4.79 Å². The molecule has 0 fully saturated rings. The zero-order valence-corrected chi connectivity index (χ0v) is 14.8. The van der Waals surface area contributed by atoms with E-state index in [9.17, 15) is 10.1 Å². The number of carbonyl (C=O) groups excluding carboxylic acids is 1. The van der Waals surface area contributed by atoms with Crippen LogP contribution in [0.2, 0.25) is 0 Å². The minimum Gasteiger partial charge on any atom is -0.444 e. The molecule has 0 atom stereocenters. The predicted molar refractivity (Wildman–Crippen MR) is 94.7 cm³/mol. The average molecular weight is 341 g/mol. The smallest absolute Gasteiger partial charge is 0.410 e. The molecule has 0 unspecified atom stereocenters. The molecular weight excluding hydrogens is 322 g/mol. The summed E-state index contributed by atoms with van der Waals surface area (Å²) in [7, 11) is 0. The van der Waals surface area contributed by atoms with Gasteiger partial charge in [-0.1, -0.05) is 18.2 Å². The second-order valence-corrected chi connectivity index (χ2v) is 7.52. The van der Waals surface area contributed by atoms with Crippen LogP contribution in [-0.4, -0.2) is 34.1 Å². The maximum atomic E-state index is 12.3. The summed E-state index contributed by atoms with van der Waals surface area (Å²) < 4.78 is 10.9. The number of aromatic nitrogens is 1. The number of benzene rings is 1. The Labute approximate surface area is 145 Å². The highest BCUT2D eigenvalue weighted by Gasteiger charge is 2.26. The van der Waals surface area contributed by atoms with Gasteiger partial charge in [0.25, 0.3) is 0 Å². The van der Waals surface area contributed by atoms with Gasteiger partial charge in [0.2, 0.25) is 0 Å². The normalized spacial score (nSPS) is 15.1. The second-order valence-electron chi connectivity index (χ2n) is 6.75. The SMILES string of the molecule is CC(C)(C)OC(=O)N1CCC=C(c2nsc3c(C#N)cccc23)C1. The van der Waals surface area contributed by atoms with Crippen LogP contribution in [0.1, 0.15) is 38.4 Å². The molecule has 1 amide bonds. The summed E-state index contributed by atoms with van der Waals surface area (Å²) in [5.41, 5.74) is 2.00. The fourth-order valence-electron chi connectivity index (χ4n) is 2.68. The van der Waals surface area contributed by atoms with Crippen molar-refractivity contribution in [3.05, 3.63) is 35.5 Å². The van der Waals surface area contributed by atoms with Crippen LogP contribution in [0.15, 0.2) is 24.3 Å². The van der Waals surface area contributed by atoms with Gasteiger partial charge in [0.1, 0.15) is 11.7 Å². The van der Waals surface area contributed by atoms with E-state index in [4.69, 9.17) is 4.74 Å². The fourth-order valence-corrected chi connectivity index (χ4v) is 3.55. The third-order valence-electron chi connectivity index (χ3n) is 3.73. The summed E-state index contributed by atoms with van der Waals surface area (Å²) in [6.45, 7) is 6.71. The molecule has 0 aliphatic carbocycles. The average Bonchev–Trinajstić information content (AvgIpc) is 2.97. The molecule has 0 N–H and O–H groups in total. The van der Waals surface area contributed by atoms with E-state index in [-0.39, 0.29) is 6.09 Å². The summed E-state index contributed by atoms with van der Waals surface area (Å²) in [4.78, 5) is 14.0. The Morgan fingerprint density at radius 1 is 1.42 bits per heavy atom. The first-order valence-electron chi connectivity index (χ1n) is 7.85. The highest BCUT2D eigenvalue weighted by molar-refractivity contribution is 7.13. The third kappa shape index (κ3) is 3.26. The minimum absolute atomic E-state index is 0.301. The van der Waals surface area contributed by atoms with Crippen LogP contribution < -0.4 is 0 Å². The monoisotopic (exact) mass is 341 g/mol. The molecule has 24 heavy (non-hydrogen) atoms. The fraction of sp³-hybridized carbons (Fsp3) is 0.389. The Morgan fingerprint density at radius 2 is 2.21 bits per heavy atom. The molecule has 1 aromatic carbocycles. The second kappa shape index (κ2) is 6.25. The van der Waals surface area contributed by atoms with Gasteiger partial charge in [-0.2, -0.15) is 9.64 Å². The number of ether oxygens (including phenoxy) is 1. The quantitative estimate of drug-likeness (QED) is 0.780. The van der Waals surface area contributed by atoms with Crippen molar-refractivity contribution in [3.63, 3.8) is 0 Å². The molecule has 6 heteroatoms. The van der Waals surface area contributed by atoms with E-state index in [1.165, 1.54) is 11.5 Å². The van der Waals surface area contributed by atoms with Crippen LogP contribution in [0.3, 0.4) is 0 Å². The number of fused-ring (bicyclic) bond motifs is 1. The van der Waals surface area contributed by atoms with Crippen LogP contribution >= 0.6 is 11.5 Å². The molecule has 5 nitrogen and oxygen atoms in total. The first-order chi connectivity index (χ1) is 11.4. The van der Waals surface area contributed by atoms with Crippen molar-refractivity contribution in [1.82, 2.24) is 9.27 Å². The number of hydrogen-bond donors (Lipinski definition) is 0. The first-order valence-corrected chi connectivity index (χ1v) is 8.62. The molecule has 1 aliphatic rings. The van der Waals surface area contributed by atoms with Gasteiger partial charge >= 0.3 is 6.09 Å². The lowest BCUT2D eigenvalue weighted by atomic mass is 10.0. The number of hydrogen-bond acceptors (Lipinski definition) is 5. The zero-order valence-electron chi connectivity index (χ0n) is 14.0. The highest BCUT2D eigenvalue weighted by Crippen LogP contribution is 2.32. The van der Waals surface area contributed by atoms with Crippen LogP contribution in [0, 0.1) is 11.3 Å². The standard InChI is InChI=1S/C18H19N3O2S/c1-18(2,3)23-17(22)21-9-5-7-13(11-21)15-14-8-4-6-12(10-19)16(14)24-20-15/h4,6-8H,5,9,11H2,1-3H3. The molecule has 2 aromatic rings. The molecule has 3 rings (SSSR count). The molecule has 1 aliphatic heterocycles.